The van der Waals surface area contributed by atoms with Crippen LogP contribution < -0.4 is 11.2 Å². The number of benzene rings is 1. The zero-order valence-electron chi connectivity index (χ0n) is 18.2. The van der Waals surface area contributed by atoms with Gasteiger partial charge >= 0.3 is 11.7 Å². The number of aliphatic carboxylic acids is 1. The van der Waals surface area contributed by atoms with Gasteiger partial charge in [-0.05, 0) is 30.5 Å². The molecule has 10 nitrogen and oxygen atoms in total. The lowest BCUT2D eigenvalue weighted by Gasteiger charge is -2.13. The average Bonchev–Trinajstić information content (AvgIpc) is 3.43. The zero-order chi connectivity index (χ0) is 23.7. The van der Waals surface area contributed by atoms with Crippen LogP contribution in [0.15, 0.2) is 46.2 Å². The van der Waals surface area contributed by atoms with Crippen LogP contribution in [-0.2, 0) is 17.9 Å². The van der Waals surface area contributed by atoms with Gasteiger partial charge in [0.05, 0.1) is 11.8 Å². The Labute approximate surface area is 186 Å². The van der Waals surface area contributed by atoms with Crippen LogP contribution in [0.3, 0.4) is 0 Å². The van der Waals surface area contributed by atoms with Crippen LogP contribution in [-0.4, -0.2) is 40.0 Å². The van der Waals surface area contributed by atoms with E-state index in [9.17, 15) is 23.9 Å². The Bertz CT molecular complexity index is 1430. The molecule has 4 rings (SSSR count). The highest BCUT2D eigenvalue weighted by Gasteiger charge is 2.24. The van der Waals surface area contributed by atoms with Gasteiger partial charge in [0.15, 0.2) is 11.7 Å². The first-order chi connectivity index (χ1) is 15.8. The summed E-state index contributed by atoms with van der Waals surface area (Å²) in [5.74, 6) is -1.35. The molecule has 1 atom stereocenters. The van der Waals surface area contributed by atoms with Crippen LogP contribution in [0.25, 0.3) is 22.6 Å². The van der Waals surface area contributed by atoms with Crippen LogP contribution in [0.4, 0.5) is 4.39 Å². The highest BCUT2D eigenvalue weighted by Crippen LogP contribution is 2.23. The van der Waals surface area contributed by atoms with Crippen molar-refractivity contribution in [1.29, 1.82) is 0 Å². The second-order valence-electron chi connectivity index (χ2n) is 7.68. The number of carboxylic acid groups (broad SMARTS) is 1. The fourth-order valence-electron chi connectivity index (χ4n) is 3.80. The summed E-state index contributed by atoms with van der Waals surface area (Å²) >= 11 is 0. The fourth-order valence-corrected chi connectivity index (χ4v) is 3.80. The smallest absolute Gasteiger partial charge is 0.333 e. The van der Waals surface area contributed by atoms with Crippen molar-refractivity contribution in [2.45, 2.75) is 45.8 Å². The number of rotatable bonds is 8. The maximum Gasteiger partial charge on any atom is 0.333 e. The van der Waals surface area contributed by atoms with Crippen molar-refractivity contribution in [1.82, 2.24) is 28.9 Å². The van der Waals surface area contributed by atoms with E-state index in [1.54, 1.807) is 0 Å². The lowest BCUT2D eigenvalue weighted by molar-refractivity contribution is -0.139. The number of aromatic nitrogens is 6. The van der Waals surface area contributed by atoms with E-state index in [4.69, 9.17) is 0 Å². The summed E-state index contributed by atoms with van der Waals surface area (Å²) in [6.07, 6.45) is 4.20. The van der Waals surface area contributed by atoms with Crippen molar-refractivity contribution in [3.63, 3.8) is 0 Å². The number of H-pyrrole nitrogens is 1. The Hall–Kier alpha value is -4.02. The summed E-state index contributed by atoms with van der Waals surface area (Å²) < 4.78 is 17.2. The largest absolute Gasteiger partial charge is 0.479 e. The molecule has 0 saturated heterocycles. The number of nitrogens with one attached hydrogen (secondary N) is 1. The van der Waals surface area contributed by atoms with E-state index in [-0.39, 0.29) is 17.0 Å². The first kappa shape index (κ1) is 22.2. The average molecular weight is 454 g/mol. The summed E-state index contributed by atoms with van der Waals surface area (Å²) in [6.45, 7) is 4.50. The minimum atomic E-state index is -1.18. The second-order valence-corrected chi connectivity index (χ2v) is 7.68. The van der Waals surface area contributed by atoms with Gasteiger partial charge in [-0.2, -0.15) is 5.10 Å². The number of imidazole rings is 1. The van der Waals surface area contributed by atoms with Gasteiger partial charge < -0.3 is 10.1 Å². The van der Waals surface area contributed by atoms with E-state index in [0.717, 1.165) is 0 Å². The van der Waals surface area contributed by atoms with Crippen molar-refractivity contribution in [2.24, 2.45) is 0 Å². The molecule has 1 aromatic carbocycles. The third-order valence-electron chi connectivity index (χ3n) is 5.31. The normalized spacial score (nSPS) is 12.3. The molecule has 0 spiro atoms. The predicted molar refractivity (Wildman–Crippen MR) is 119 cm³/mol. The number of nitrogens with zero attached hydrogens (tertiary/aromatic N) is 5. The number of carboxylic acids is 1. The van der Waals surface area contributed by atoms with Crippen molar-refractivity contribution < 1.29 is 14.3 Å². The minimum absolute atomic E-state index is 0.201. The Morgan fingerprint density at radius 3 is 2.42 bits per heavy atom. The van der Waals surface area contributed by atoms with Gasteiger partial charge in [0.2, 0.25) is 0 Å². The molecular weight excluding hydrogens is 431 g/mol. The molecule has 0 aliphatic heterocycles. The van der Waals surface area contributed by atoms with Gasteiger partial charge in [-0.15, -0.1) is 0 Å². The molecule has 2 N–H and O–H groups in total. The molecule has 0 aliphatic rings. The molecule has 0 radical (unpaired) electrons. The van der Waals surface area contributed by atoms with E-state index in [1.165, 1.54) is 50.5 Å². The number of aryl methyl sites for hydroxylation is 1. The Kier molecular flexibility index (Phi) is 5.95. The van der Waals surface area contributed by atoms with Gasteiger partial charge in [-0.3, -0.25) is 18.6 Å². The van der Waals surface area contributed by atoms with E-state index in [0.29, 0.717) is 37.1 Å². The number of fused-ring (bicyclic) bond motifs is 1. The zero-order valence-corrected chi connectivity index (χ0v) is 18.2. The Morgan fingerprint density at radius 2 is 1.79 bits per heavy atom. The molecule has 3 heterocycles. The molecule has 0 saturated carbocycles. The van der Waals surface area contributed by atoms with Gasteiger partial charge in [0.1, 0.15) is 17.2 Å². The first-order valence-corrected chi connectivity index (χ1v) is 10.6. The maximum atomic E-state index is 13.3. The Balaban J connectivity index is 1.82. The van der Waals surface area contributed by atoms with Crippen molar-refractivity contribution in [3.05, 3.63) is 68.9 Å². The fraction of sp³-hybridized carbons (Fsp3) is 0.318. The Morgan fingerprint density at radius 1 is 1.12 bits per heavy atom. The molecule has 0 fully saturated rings. The number of hydrogen-bond donors (Lipinski definition) is 2. The molecule has 1 unspecified atom stereocenters. The molecule has 172 valence electrons. The van der Waals surface area contributed by atoms with Crippen molar-refractivity contribution in [3.8, 4) is 11.4 Å². The van der Waals surface area contributed by atoms with Gasteiger partial charge in [0.25, 0.3) is 5.56 Å². The summed E-state index contributed by atoms with van der Waals surface area (Å²) in [7, 11) is 0. The molecule has 4 aromatic rings. The van der Waals surface area contributed by atoms with Gasteiger partial charge in [0, 0.05) is 19.3 Å². The topological polar surface area (TPSA) is 128 Å². The van der Waals surface area contributed by atoms with E-state index >= 15 is 0 Å². The summed E-state index contributed by atoms with van der Waals surface area (Å²) in [5, 5.41) is 13.9. The van der Waals surface area contributed by atoms with E-state index in [2.05, 4.69) is 15.1 Å². The number of hydrogen-bond acceptors (Lipinski definition) is 5. The lowest BCUT2D eigenvalue weighted by atomic mass is 10.1. The van der Waals surface area contributed by atoms with E-state index < -0.39 is 29.1 Å². The third-order valence-corrected chi connectivity index (χ3v) is 5.31. The molecular formula is C22H23FN6O4. The van der Waals surface area contributed by atoms with Crippen LogP contribution in [0.1, 0.15) is 38.3 Å². The van der Waals surface area contributed by atoms with Crippen molar-refractivity contribution in [2.75, 3.05) is 0 Å². The van der Waals surface area contributed by atoms with Crippen LogP contribution in [0, 0.1) is 5.82 Å². The number of aromatic amines is 1. The SMILES string of the molecule is CCCn1c(=O)c2[nH]c(-c3cnn(C(C(=O)O)c4ccc(F)cc4)c3)nc2n(CCC)c1=O. The molecule has 11 heteroatoms. The van der Waals surface area contributed by atoms with E-state index in [1.807, 2.05) is 13.8 Å². The summed E-state index contributed by atoms with van der Waals surface area (Å²) in [4.78, 5) is 45.1. The highest BCUT2D eigenvalue weighted by atomic mass is 19.1. The van der Waals surface area contributed by atoms with Crippen LogP contribution in [0.2, 0.25) is 0 Å². The molecule has 0 amide bonds. The van der Waals surface area contributed by atoms with Gasteiger partial charge in [-0.1, -0.05) is 26.0 Å². The molecule has 0 aliphatic carbocycles. The predicted octanol–water partition coefficient (Wildman–Crippen LogP) is 2.38. The molecule has 3 aromatic heterocycles. The van der Waals surface area contributed by atoms with Crippen LogP contribution >= 0.6 is 0 Å². The lowest BCUT2D eigenvalue weighted by Crippen LogP contribution is -2.40. The van der Waals surface area contributed by atoms with Crippen molar-refractivity contribution >= 4 is 17.1 Å². The standard InChI is InChI=1S/C22H23FN6O4/c1-3-9-27-19-16(20(30)28(10-4-2)22(27)33)25-18(26-19)14-11-24-29(12-14)17(21(31)32)13-5-7-15(23)8-6-13/h5-8,11-12,17H,3-4,9-10H2,1-2H3,(H,25,26)(H,31,32). The van der Waals surface area contributed by atoms with Crippen LogP contribution in [0.5, 0.6) is 0 Å². The summed E-state index contributed by atoms with van der Waals surface area (Å²) in [6, 6.07) is 3.96. The third kappa shape index (κ3) is 3.97. The maximum absolute atomic E-state index is 13.3. The van der Waals surface area contributed by atoms with Gasteiger partial charge in [-0.25, -0.2) is 19.0 Å². The molecule has 33 heavy (non-hydrogen) atoms. The first-order valence-electron chi connectivity index (χ1n) is 10.6. The number of halogens is 1. The quantitative estimate of drug-likeness (QED) is 0.421. The summed E-state index contributed by atoms with van der Waals surface area (Å²) in [5.41, 5.74) is 0.374. The highest BCUT2D eigenvalue weighted by molar-refractivity contribution is 5.77. The second kappa shape index (κ2) is 8.85. The minimum Gasteiger partial charge on any atom is -0.479 e. The number of carbonyl (C=O) groups is 1. The monoisotopic (exact) mass is 454 g/mol. The molecule has 0 bridgehead atoms.